The van der Waals surface area contributed by atoms with E-state index in [0.29, 0.717) is 24.4 Å². The normalized spacial score (nSPS) is 17.9. The van der Waals surface area contributed by atoms with Crippen LogP contribution < -0.4 is 10.1 Å². The lowest BCUT2D eigenvalue weighted by molar-refractivity contribution is -0.0500. The first-order valence-corrected chi connectivity index (χ1v) is 10.7. The SMILES string of the molecule is CC(C)(C)NC(=O)OC1CC(c2nnc(-c3ccc(OC(F)F)cn3)n2-c2ccccc2F)C1. The van der Waals surface area contributed by atoms with Gasteiger partial charge in [0.05, 0.1) is 11.9 Å². The summed E-state index contributed by atoms with van der Waals surface area (Å²) in [6.07, 6.45) is 1.34. The van der Waals surface area contributed by atoms with Crippen molar-refractivity contribution in [1.82, 2.24) is 25.1 Å². The van der Waals surface area contributed by atoms with Crippen molar-refractivity contribution in [1.29, 1.82) is 0 Å². The highest BCUT2D eigenvalue weighted by Gasteiger charge is 2.38. The number of para-hydroxylation sites is 1. The summed E-state index contributed by atoms with van der Waals surface area (Å²) in [4.78, 5) is 16.2. The second-order valence-electron chi connectivity index (χ2n) is 9.00. The molecule has 1 amide bonds. The lowest BCUT2D eigenvalue weighted by atomic mass is 9.81. The summed E-state index contributed by atoms with van der Waals surface area (Å²) in [5.74, 6) is 0.0155. The van der Waals surface area contributed by atoms with Gasteiger partial charge in [-0.25, -0.2) is 14.2 Å². The summed E-state index contributed by atoms with van der Waals surface area (Å²) in [6.45, 7) is 2.60. The number of rotatable bonds is 6. The molecule has 3 aromatic rings. The van der Waals surface area contributed by atoms with Crippen LogP contribution in [0.4, 0.5) is 18.0 Å². The van der Waals surface area contributed by atoms with E-state index < -0.39 is 24.1 Å². The van der Waals surface area contributed by atoms with Crippen LogP contribution in [0.1, 0.15) is 45.4 Å². The molecular formula is C23H24F3N5O3. The molecule has 1 aromatic carbocycles. The van der Waals surface area contributed by atoms with Crippen LogP contribution in [0.25, 0.3) is 17.2 Å². The maximum absolute atomic E-state index is 14.7. The summed E-state index contributed by atoms with van der Waals surface area (Å²) in [6, 6.07) is 8.94. The van der Waals surface area contributed by atoms with E-state index in [-0.39, 0.29) is 29.3 Å². The lowest BCUT2D eigenvalue weighted by Gasteiger charge is -2.35. The summed E-state index contributed by atoms with van der Waals surface area (Å²) >= 11 is 0. The molecule has 0 unspecified atom stereocenters. The first-order chi connectivity index (χ1) is 16.1. The summed E-state index contributed by atoms with van der Waals surface area (Å²) in [7, 11) is 0. The smallest absolute Gasteiger partial charge is 0.407 e. The third-order valence-electron chi connectivity index (χ3n) is 5.18. The minimum Gasteiger partial charge on any atom is -0.446 e. The molecule has 0 spiro atoms. The third kappa shape index (κ3) is 5.29. The topological polar surface area (TPSA) is 91.2 Å². The average molecular weight is 475 g/mol. The summed E-state index contributed by atoms with van der Waals surface area (Å²) in [5, 5.41) is 11.2. The summed E-state index contributed by atoms with van der Waals surface area (Å²) < 4.78 is 51.0. The number of pyridine rings is 1. The fourth-order valence-electron chi connectivity index (χ4n) is 3.64. The predicted molar refractivity (Wildman–Crippen MR) is 116 cm³/mol. The van der Waals surface area contributed by atoms with E-state index in [1.807, 2.05) is 20.8 Å². The fourth-order valence-corrected chi connectivity index (χ4v) is 3.64. The van der Waals surface area contributed by atoms with Crippen LogP contribution in [-0.4, -0.2) is 44.1 Å². The molecule has 2 heterocycles. The van der Waals surface area contributed by atoms with Crippen molar-refractivity contribution in [2.75, 3.05) is 0 Å². The first-order valence-electron chi connectivity index (χ1n) is 10.7. The molecule has 0 bridgehead atoms. The Bertz CT molecular complexity index is 1160. The van der Waals surface area contributed by atoms with Crippen molar-refractivity contribution < 1.29 is 27.4 Å². The first kappa shape index (κ1) is 23.5. The minimum absolute atomic E-state index is 0.108. The Morgan fingerprint density at radius 2 is 1.88 bits per heavy atom. The zero-order chi connectivity index (χ0) is 24.5. The minimum atomic E-state index is -2.97. The molecule has 2 aromatic heterocycles. The Morgan fingerprint density at radius 3 is 2.50 bits per heavy atom. The Kier molecular flexibility index (Phi) is 6.45. The summed E-state index contributed by atoms with van der Waals surface area (Å²) in [5.41, 5.74) is 0.116. The molecule has 8 nitrogen and oxygen atoms in total. The van der Waals surface area contributed by atoms with Crippen LogP contribution in [0.2, 0.25) is 0 Å². The number of nitrogens with zero attached hydrogens (tertiary/aromatic N) is 4. The molecule has 11 heteroatoms. The van der Waals surface area contributed by atoms with Gasteiger partial charge in [0, 0.05) is 11.5 Å². The maximum Gasteiger partial charge on any atom is 0.407 e. The molecule has 1 N–H and O–H groups in total. The predicted octanol–water partition coefficient (Wildman–Crippen LogP) is 4.84. The van der Waals surface area contributed by atoms with Crippen molar-refractivity contribution in [3.63, 3.8) is 0 Å². The van der Waals surface area contributed by atoms with Crippen molar-refractivity contribution in [3.05, 3.63) is 54.2 Å². The van der Waals surface area contributed by atoms with E-state index in [1.54, 1.807) is 22.8 Å². The lowest BCUT2D eigenvalue weighted by Crippen LogP contribution is -2.44. The van der Waals surface area contributed by atoms with Gasteiger partial charge in [-0.05, 0) is 57.9 Å². The molecule has 180 valence electrons. The highest BCUT2D eigenvalue weighted by molar-refractivity contribution is 5.68. The standard InChI is InChI=1S/C23H24F3N5O3/c1-23(2,3)28-22(32)34-15-10-13(11-15)19-29-30-20(31(19)18-7-5-4-6-16(18)24)17-9-8-14(12-27-17)33-21(25)26/h4-9,12-13,15,21H,10-11H2,1-3H3,(H,28,32). The number of alkyl carbamates (subject to hydrolysis) is 1. The number of hydrogen-bond acceptors (Lipinski definition) is 6. The van der Waals surface area contributed by atoms with Gasteiger partial charge in [-0.15, -0.1) is 10.2 Å². The van der Waals surface area contributed by atoms with Gasteiger partial charge in [0.2, 0.25) is 0 Å². The molecule has 0 saturated heterocycles. The number of ether oxygens (including phenoxy) is 2. The van der Waals surface area contributed by atoms with Gasteiger partial charge in [-0.3, -0.25) is 4.57 Å². The van der Waals surface area contributed by atoms with E-state index in [0.717, 1.165) is 6.20 Å². The Morgan fingerprint density at radius 1 is 1.15 bits per heavy atom. The van der Waals surface area contributed by atoms with Crippen molar-refractivity contribution in [2.45, 2.75) is 57.8 Å². The van der Waals surface area contributed by atoms with Crippen molar-refractivity contribution in [3.8, 4) is 23.0 Å². The highest BCUT2D eigenvalue weighted by Crippen LogP contribution is 2.40. The maximum atomic E-state index is 14.7. The zero-order valence-corrected chi connectivity index (χ0v) is 18.8. The van der Waals surface area contributed by atoms with Gasteiger partial charge in [0.1, 0.15) is 29.2 Å². The number of aromatic nitrogens is 4. The number of carbonyl (C=O) groups excluding carboxylic acids is 1. The Labute approximate surface area is 194 Å². The molecule has 0 atom stereocenters. The van der Waals surface area contributed by atoms with Crippen LogP contribution in [0.3, 0.4) is 0 Å². The average Bonchev–Trinajstić information content (AvgIpc) is 3.13. The van der Waals surface area contributed by atoms with Gasteiger partial charge < -0.3 is 14.8 Å². The molecule has 0 radical (unpaired) electrons. The van der Waals surface area contributed by atoms with E-state index in [2.05, 4.69) is 25.2 Å². The molecule has 1 fully saturated rings. The van der Waals surface area contributed by atoms with Crippen LogP contribution in [0, 0.1) is 5.82 Å². The number of nitrogens with one attached hydrogen (secondary N) is 1. The Hall–Kier alpha value is -3.63. The molecule has 34 heavy (non-hydrogen) atoms. The second kappa shape index (κ2) is 9.32. The number of carbonyl (C=O) groups is 1. The number of benzene rings is 1. The monoisotopic (exact) mass is 475 g/mol. The molecule has 0 aliphatic heterocycles. The second-order valence-corrected chi connectivity index (χ2v) is 9.00. The molecule has 1 saturated carbocycles. The van der Waals surface area contributed by atoms with Gasteiger partial charge in [-0.2, -0.15) is 8.78 Å². The van der Waals surface area contributed by atoms with Crippen LogP contribution >= 0.6 is 0 Å². The van der Waals surface area contributed by atoms with Gasteiger partial charge in [0.25, 0.3) is 0 Å². The number of hydrogen-bond donors (Lipinski definition) is 1. The van der Waals surface area contributed by atoms with Crippen molar-refractivity contribution >= 4 is 6.09 Å². The molecule has 4 rings (SSSR count). The molecular weight excluding hydrogens is 451 g/mol. The number of alkyl halides is 2. The largest absolute Gasteiger partial charge is 0.446 e. The molecule has 1 aliphatic rings. The molecule has 1 aliphatic carbocycles. The zero-order valence-electron chi connectivity index (χ0n) is 18.8. The third-order valence-corrected chi connectivity index (χ3v) is 5.18. The fraction of sp³-hybridized carbons (Fsp3) is 0.391. The quantitative estimate of drug-likeness (QED) is 0.549. The van der Waals surface area contributed by atoms with Gasteiger partial charge in [-0.1, -0.05) is 12.1 Å². The van der Waals surface area contributed by atoms with Crippen LogP contribution in [-0.2, 0) is 4.74 Å². The van der Waals surface area contributed by atoms with Gasteiger partial charge in [0.15, 0.2) is 5.82 Å². The highest BCUT2D eigenvalue weighted by atomic mass is 19.3. The Balaban J connectivity index is 1.59. The van der Waals surface area contributed by atoms with Crippen LogP contribution in [0.5, 0.6) is 5.75 Å². The number of halogens is 3. The van der Waals surface area contributed by atoms with E-state index in [9.17, 15) is 18.0 Å². The van der Waals surface area contributed by atoms with Gasteiger partial charge >= 0.3 is 12.7 Å². The van der Waals surface area contributed by atoms with E-state index >= 15 is 0 Å². The number of amides is 1. The van der Waals surface area contributed by atoms with Crippen molar-refractivity contribution in [2.24, 2.45) is 0 Å². The van der Waals surface area contributed by atoms with E-state index in [4.69, 9.17) is 4.74 Å². The van der Waals surface area contributed by atoms with E-state index in [1.165, 1.54) is 18.2 Å². The van der Waals surface area contributed by atoms with Crippen LogP contribution in [0.15, 0.2) is 42.6 Å².